The maximum atomic E-state index is 15.0. The van der Waals surface area contributed by atoms with Gasteiger partial charge in [0.05, 0.1) is 12.8 Å². The molecule has 1 aromatic heterocycles. The van der Waals surface area contributed by atoms with Crippen LogP contribution in [0.25, 0.3) is 0 Å². The van der Waals surface area contributed by atoms with Crippen LogP contribution in [0.4, 0.5) is 21.8 Å². The van der Waals surface area contributed by atoms with Crippen molar-refractivity contribution in [3.05, 3.63) is 29.7 Å². The minimum absolute atomic E-state index is 0.0297. The van der Waals surface area contributed by atoms with Gasteiger partial charge in [0.1, 0.15) is 18.5 Å². The maximum Gasteiger partial charge on any atom is 0.229 e. The van der Waals surface area contributed by atoms with Crippen LogP contribution in [0.5, 0.6) is 11.5 Å². The van der Waals surface area contributed by atoms with Crippen molar-refractivity contribution in [1.29, 1.82) is 0 Å². The highest BCUT2D eigenvalue weighted by molar-refractivity contribution is 5.62. The molecule has 8 nitrogen and oxygen atoms in total. The van der Waals surface area contributed by atoms with Gasteiger partial charge in [0, 0.05) is 25.4 Å². The van der Waals surface area contributed by atoms with Crippen molar-refractivity contribution in [2.24, 2.45) is 0 Å². The van der Waals surface area contributed by atoms with Gasteiger partial charge in [-0.1, -0.05) is 0 Å². The van der Waals surface area contributed by atoms with Gasteiger partial charge < -0.3 is 30.1 Å². The lowest BCUT2D eigenvalue weighted by Gasteiger charge is -2.32. The van der Waals surface area contributed by atoms with Gasteiger partial charge in [-0.25, -0.2) is 9.37 Å². The monoisotopic (exact) mass is 391 g/mol. The Labute approximate surface area is 163 Å². The number of likely N-dealkylation sites (tertiary alicyclic amines) is 1. The van der Waals surface area contributed by atoms with Crippen molar-refractivity contribution < 1.29 is 19.0 Å². The summed E-state index contributed by atoms with van der Waals surface area (Å²) in [6.07, 6.45) is 0.430. The predicted molar refractivity (Wildman–Crippen MR) is 105 cm³/mol. The Morgan fingerprint density at radius 2 is 2.11 bits per heavy atom. The van der Waals surface area contributed by atoms with Gasteiger partial charge in [-0.3, -0.25) is 0 Å². The Morgan fingerprint density at radius 3 is 2.75 bits per heavy atom. The number of hydrogen-bond acceptors (Lipinski definition) is 8. The molecule has 0 radical (unpaired) electrons. The molecule has 0 spiro atoms. The number of aryl methyl sites for hydroxylation is 1. The molecule has 28 heavy (non-hydrogen) atoms. The van der Waals surface area contributed by atoms with Gasteiger partial charge in [0.15, 0.2) is 17.3 Å². The zero-order valence-electron chi connectivity index (χ0n) is 16.3. The number of anilines is 3. The molecule has 3 rings (SSSR count). The van der Waals surface area contributed by atoms with Crippen molar-refractivity contribution in [2.45, 2.75) is 19.4 Å². The normalized spacial score (nSPS) is 14.9. The van der Waals surface area contributed by atoms with Crippen LogP contribution in [0.3, 0.4) is 0 Å². The molecule has 0 bridgehead atoms. The molecule has 3 N–H and O–H groups in total. The van der Waals surface area contributed by atoms with E-state index in [1.54, 1.807) is 19.2 Å². The van der Waals surface area contributed by atoms with Crippen molar-refractivity contribution in [3.8, 4) is 11.5 Å². The lowest BCUT2D eigenvalue weighted by atomic mass is 10.2. The van der Waals surface area contributed by atoms with Crippen LogP contribution >= 0.6 is 0 Å². The standard InChI is InChI=1S/C19H26FN5O3/c1-12-9-16(21-2)24-19(22-12)23-14-5-6-15(27-3)18(17(14)20)28-11-13(26)10-25-7-4-8-25/h5-6,9,13,26H,4,7-8,10-11H2,1-3H3,(H2,21,22,23,24)/t13-/m0/s1. The molecule has 2 aromatic rings. The highest BCUT2D eigenvalue weighted by Gasteiger charge is 2.21. The van der Waals surface area contributed by atoms with Crippen LogP contribution in [0.15, 0.2) is 18.2 Å². The number of ether oxygens (including phenoxy) is 2. The van der Waals surface area contributed by atoms with Crippen molar-refractivity contribution in [2.75, 3.05) is 51.0 Å². The molecule has 152 valence electrons. The summed E-state index contributed by atoms with van der Waals surface area (Å²) in [5, 5.41) is 15.9. The fraction of sp³-hybridized carbons (Fsp3) is 0.474. The van der Waals surface area contributed by atoms with E-state index in [2.05, 4.69) is 25.5 Å². The molecule has 1 aromatic carbocycles. The summed E-state index contributed by atoms with van der Waals surface area (Å²) in [6, 6.07) is 4.91. The van der Waals surface area contributed by atoms with E-state index in [4.69, 9.17) is 9.47 Å². The molecule has 2 heterocycles. The van der Waals surface area contributed by atoms with Gasteiger partial charge in [0.25, 0.3) is 0 Å². The first kappa shape index (κ1) is 20.1. The number of β-amino-alcohol motifs (C(OH)–C–C–N with tert-alkyl or cyclic N) is 1. The Kier molecular flexibility index (Phi) is 6.48. The van der Waals surface area contributed by atoms with E-state index in [1.165, 1.54) is 13.2 Å². The smallest absolute Gasteiger partial charge is 0.229 e. The van der Waals surface area contributed by atoms with Crippen molar-refractivity contribution in [3.63, 3.8) is 0 Å². The molecule has 0 aliphatic carbocycles. The first-order valence-corrected chi connectivity index (χ1v) is 9.20. The number of halogens is 1. The van der Waals surface area contributed by atoms with Crippen molar-refractivity contribution >= 4 is 17.5 Å². The molecule has 1 atom stereocenters. The van der Waals surface area contributed by atoms with Crippen molar-refractivity contribution in [1.82, 2.24) is 14.9 Å². The summed E-state index contributed by atoms with van der Waals surface area (Å²) in [6.45, 7) is 4.24. The lowest BCUT2D eigenvalue weighted by molar-refractivity contribution is 0.0450. The number of nitrogens with zero attached hydrogens (tertiary/aromatic N) is 3. The molecular formula is C19H26FN5O3. The van der Waals surface area contributed by atoms with E-state index >= 15 is 4.39 Å². The Morgan fingerprint density at radius 1 is 1.32 bits per heavy atom. The number of methoxy groups -OCH3 is 1. The van der Waals surface area contributed by atoms with Gasteiger partial charge in [-0.15, -0.1) is 0 Å². The van der Waals surface area contributed by atoms with Gasteiger partial charge in [0.2, 0.25) is 5.95 Å². The lowest BCUT2D eigenvalue weighted by Crippen LogP contribution is -2.43. The van der Waals surface area contributed by atoms with Crippen LogP contribution in [-0.4, -0.2) is 66.5 Å². The van der Waals surface area contributed by atoms with Crippen LogP contribution in [0.1, 0.15) is 12.1 Å². The summed E-state index contributed by atoms with van der Waals surface area (Å²) >= 11 is 0. The Balaban J connectivity index is 1.75. The quantitative estimate of drug-likeness (QED) is 0.599. The third-order valence-electron chi connectivity index (χ3n) is 4.48. The average Bonchev–Trinajstić information content (AvgIpc) is 2.64. The van der Waals surface area contributed by atoms with E-state index in [0.29, 0.717) is 12.4 Å². The molecule has 1 aliphatic rings. The number of aliphatic hydroxyl groups excluding tert-OH is 1. The van der Waals surface area contributed by atoms with Crippen LogP contribution < -0.4 is 20.1 Å². The first-order chi connectivity index (χ1) is 13.5. The second-order valence-corrected chi connectivity index (χ2v) is 6.67. The SMILES string of the molecule is CNc1cc(C)nc(Nc2ccc(OC)c(OC[C@@H](O)CN3CCC3)c2F)n1. The highest BCUT2D eigenvalue weighted by atomic mass is 19.1. The molecule has 9 heteroatoms. The van der Waals surface area contributed by atoms with E-state index in [1.807, 2.05) is 6.92 Å². The third kappa shape index (κ3) is 4.79. The number of hydrogen-bond donors (Lipinski definition) is 3. The van der Waals surface area contributed by atoms with E-state index in [9.17, 15) is 5.11 Å². The second-order valence-electron chi connectivity index (χ2n) is 6.67. The topological polar surface area (TPSA) is 91.8 Å². The molecular weight excluding hydrogens is 365 g/mol. The molecule has 0 unspecified atom stereocenters. The van der Waals surface area contributed by atoms with Gasteiger partial charge >= 0.3 is 0 Å². The fourth-order valence-corrected chi connectivity index (χ4v) is 2.90. The summed E-state index contributed by atoms with van der Waals surface area (Å²) in [5.41, 5.74) is 0.891. The maximum absolute atomic E-state index is 15.0. The number of nitrogens with one attached hydrogen (secondary N) is 2. The zero-order valence-corrected chi connectivity index (χ0v) is 16.3. The number of rotatable bonds is 9. The van der Waals surface area contributed by atoms with Gasteiger partial charge in [-0.05, 0) is 38.6 Å². The Bertz CT molecular complexity index is 816. The molecule has 1 aliphatic heterocycles. The largest absolute Gasteiger partial charge is 0.493 e. The van der Waals surface area contributed by atoms with Crippen LogP contribution in [0.2, 0.25) is 0 Å². The van der Waals surface area contributed by atoms with E-state index < -0.39 is 11.9 Å². The molecule has 0 saturated carbocycles. The first-order valence-electron chi connectivity index (χ1n) is 9.20. The fourth-order valence-electron chi connectivity index (χ4n) is 2.90. The van der Waals surface area contributed by atoms with E-state index in [0.717, 1.165) is 25.2 Å². The summed E-state index contributed by atoms with van der Waals surface area (Å²) in [4.78, 5) is 10.7. The third-order valence-corrected chi connectivity index (χ3v) is 4.48. The average molecular weight is 391 g/mol. The second kappa shape index (κ2) is 9.03. The summed E-state index contributed by atoms with van der Waals surface area (Å²) < 4.78 is 25.8. The number of aromatic nitrogens is 2. The van der Waals surface area contributed by atoms with Crippen LogP contribution in [0, 0.1) is 12.7 Å². The number of benzene rings is 1. The predicted octanol–water partition coefficient (Wildman–Crippen LogP) is 2.16. The molecule has 1 fully saturated rings. The molecule has 0 amide bonds. The molecule has 1 saturated heterocycles. The minimum atomic E-state index is -0.709. The Hall–Kier alpha value is -2.65. The summed E-state index contributed by atoms with van der Waals surface area (Å²) in [5.74, 6) is 0.440. The highest BCUT2D eigenvalue weighted by Crippen LogP contribution is 2.35. The minimum Gasteiger partial charge on any atom is -0.493 e. The van der Waals surface area contributed by atoms with Gasteiger partial charge in [-0.2, -0.15) is 4.98 Å². The zero-order chi connectivity index (χ0) is 20.1. The number of aliphatic hydroxyl groups is 1. The summed E-state index contributed by atoms with van der Waals surface area (Å²) in [7, 11) is 3.19. The van der Waals surface area contributed by atoms with Crippen LogP contribution in [-0.2, 0) is 0 Å². The van der Waals surface area contributed by atoms with E-state index in [-0.39, 0.29) is 29.7 Å².